The predicted molar refractivity (Wildman–Crippen MR) is 140 cm³/mol. The fourth-order valence-corrected chi connectivity index (χ4v) is 5.13. The van der Waals surface area contributed by atoms with Crippen LogP contribution < -0.4 is 0 Å². The Bertz CT molecular complexity index is 793. The van der Waals surface area contributed by atoms with Crippen molar-refractivity contribution in [2.24, 2.45) is 0 Å². The second kappa shape index (κ2) is 14.1. The Balaban J connectivity index is 0.00000181. The van der Waals surface area contributed by atoms with Crippen LogP contribution in [0.25, 0.3) is 0 Å². The summed E-state index contributed by atoms with van der Waals surface area (Å²) in [5.41, 5.74) is 3.91. The highest BCUT2D eigenvalue weighted by Crippen LogP contribution is 2.13. The second-order valence-corrected chi connectivity index (χ2v) is 9.56. The Morgan fingerprint density at radius 2 is 1.31 bits per heavy atom. The standard InChI is InChI=1S/C25H33N3OS.2ClH/c29-25(28-16-18-30-19-17-28)20-23-8-6-22(7-9-23)10-11-26-12-14-27(15-13-26)21-24-4-2-1-3-5-24;;/h1-9H,10-21H2;2*1H. The van der Waals surface area contributed by atoms with E-state index in [9.17, 15) is 4.79 Å². The smallest absolute Gasteiger partial charge is 0.227 e. The molecule has 2 heterocycles. The van der Waals surface area contributed by atoms with E-state index in [1.165, 1.54) is 11.1 Å². The highest BCUT2D eigenvalue weighted by Gasteiger charge is 2.18. The Hall–Kier alpha value is -1.24. The van der Waals surface area contributed by atoms with Crippen LogP contribution in [0.1, 0.15) is 16.7 Å². The molecule has 0 saturated carbocycles. The van der Waals surface area contributed by atoms with Gasteiger partial charge in [0.2, 0.25) is 5.91 Å². The molecule has 0 aliphatic carbocycles. The first-order chi connectivity index (χ1) is 14.8. The molecule has 176 valence electrons. The highest BCUT2D eigenvalue weighted by atomic mass is 35.5. The summed E-state index contributed by atoms with van der Waals surface area (Å²) in [6, 6.07) is 19.5. The van der Waals surface area contributed by atoms with Gasteiger partial charge in [-0.15, -0.1) is 24.8 Å². The molecular formula is C25H35Cl2N3OS. The van der Waals surface area contributed by atoms with Crippen LogP contribution in [0.5, 0.6) is 0 Å². The van der Waals surface area contributed by atoms with Crippen LogP contribution in [0.15, 0.2) is 54.6 Å². The number of nitrogens with zero attached hydrogens (tertiary/aromatic N) is 3. The molecule has 4 nitrogen and oxygen atoms in total. The molecule has 0 atom stereocenters. The molecule has 0 unspecified atom stereocenters. The van der Waals surface area contributed by atoms with E-state index in [1.807, 2.05) is 16.7 Å². The summed E-state index contributed by atoms with van der Waals surface area (Å²) >= 11 is 1.94. The van der Waals surface area contributed by atoms with Crippen molar-refractivity contribution in [3.63, 3.8) is 0 Å². The van der Waals surface area contributed by atoms with E-state index in [-0.39, 0.29) is 30.7 Å². The molecule has 32 heavy (non-hydrogen) atoms. The van der Waals surface area contributed by atoms with E-state index in [2.05, 4.69) is 64.4 Å². The maximum absolute atomic E-state index is 12.4. The lowest BCUT2D eigenvalue weighted by Gasteiger charge is -2.34. The van der Waals surface area contributed by atoms with E-state index in [0.29, 0.717) is 6.42 Å². The third-order valence-corrected chi connectivity index (χ3v) is 7.12. The zero-order valence-corrected chi connectivity index (χ0v) is 21.1. The molecular weight excluding hydrogens is 461 g/mol. The van der Waals surface area contributed by atoms with Crippen molar-refractivity contribution in [2.45, 2.75) is 19.4 Å². The van der Waals surface area contributed by atoms with Crippen molar-refractivity contribution < 1.29 is 4.79 Å². The summed E-state index contributed by atoms with van der Waals surface area (Å²) in [5.74, 6) is 2.42. The molecule has 0 bridgehead atoms. The first-order valence-corrected chi connectivity index (χ1v) is 12.3. The van der Waals surface area contributed by atoms with Gasteiger partial charge >= 0.3 is 0 Å². The molecule has 2 aromatic carbocycles. The second-order valence-electron chi connectivity index (χ2n) is 8.34. The summed E-state index contributed by atoms with van der Waals surface area (Å²) in [4.78, 5) is 19.6. The van der Waals surface area contributed by atoms with Crippen LogP contribution in [-0.4, -0.2) is 77.9 Å². The topological polar surface area (TPSA) is 26.8 Å². The van der Waals surface area contributed by atoms with Gasteiger partial charge in [0.25, 0.3) is 0 Å². The zero-order valence-electron chi connectivity index (χ0n) is 18.7. The number of benzene rings is 2. The van der Waals surface area contributed by atoms with Crippen molar-refractivity contribution in [1.82, 2.24) is 14.7 Å². The SMILES string of the molecule is Cl.Cl.O=C(Cc1ccc(CCN2CCN(Cc3ccccc3)CC2)cc1)N1CCSCC1. The van der Waals surface area contributed by atoms with Gasteiger partial charge in [-0.3, -0.25) is 9.69 Å². The van der Waals surface area contributed by atoms with Gasteiger partial charge in [-0.25, -0.2) is 0 Å². The summed E-state index contributed by atoms with van der Waals surface area (Å²) < 4.78 is 0. The van der Waals surface area contributed by atoms with Gasteiger partial charge in [0.1, 0.15) is 0 Å². The molecule has 0 radical (unpaired) electrons. The van der Waals surface area contributed by atoms with E-state index in [4.69, 9.17) is 0 Å². The molecule has 2 saturated heterocycles. The third kappa shape index (κ3) is 8.27. The lowest BCUT2D eigenvalue weighted by molar-refractivity contribution is -0.130. The number of amides is 1. The lowest BCUT2D eigenvalue weighted by Crippen LogP contribution is -2.46. The minimum absolute atomic E-state index is 0. The largest absolute Gasteiger partial charge is 0.341 e. The number of thioether (sulfide) groups is 1. The summed E-state index contributed by atoms with van der Waals surface area (Å²) in [5, 5.41) is 0. The maximum atomic E-state index is 12.4. The van der Waals surface area contributed by atoms with Crippen molar-refractivity contribution in [2.75, 3.05) is 57.3 Å². The van der Waals surface area contributed by atoms with E-state index < -0.39 is 0 Å². The summed E-state index contributed by atoms with van der Waals surface area (Å²) in [6.45, 7) is 8.56. The summed E-state index contributed by atoms with van der Waals surface area (Å²) in [7, 11) is 0. The van der Waals surface area contributed by atoms with Gasteiger partial charge in [0.05, 0.1) is 6.42 Å². The van der Waals surface area contributed by atoms with Crippen molar-refractivity contribution in [1.29, 1.82) is 0 Å². The molecule has 2 fully saturated rings. The van der Waals surface area contributed by atoms with Gasteiger partial charge in [-0.1, -0.05) is 54.6 Å². The number of carbonyl (C=O) groups is 1. The average Bonchev–Trinajstić information content (AvgIpc) is 2.81. The van der Waals surface area contributed by atoms with Gasteiger partial charge in [0, 0.05) is 63.9 Å². The number of rotatable bonds is 7. The molecule has 2 aliphatic heterocycles. The van der Waals surface area contributed by atoms with Crippen molar-refractivity contribution in [3.05, 3.63) is 71.3 Å². The molecule has 4 rings (SSSR count). The Kier molecular flexibility index (Phi) is 11.9. The Morgan fingerprint density at radius 3 is 1.97 bits per heavy atom. The molecule has 0 spiro atoms. The van der Waals surface area contributed by atoms with E-state index >= 15 is 0 Å². The number of carbonyl (C=O) groups excluding carboxylic acids is 1. The minimum atomic E-state index is 0. The molecule has 0 aromatic heterocycles. The lowest BCUT2D eigenvalue weighted by atomic mass is 10.1. The van der Waals surface area contributed by atoms with Crippen LogP contribution in [-0.2, 0) is 24.2 Å². The van der Waals surface area contributed by atoms with Gasteiger partial charge < -0.3 is 9.80 Å². The summed E-state index contributed by atoms with van der Waals surface area (Å²) in [6.07, 6.45) is 1.62. The first-order valence-electron chi connectivity index (χ1n) is 11.2. The highest BCUT2D eigenvalue weighted by molar-refractivity contribution is 7.99. The monoisotopic (exact) mass is 495 g/mol. The predicted octanol–water partition coefficient (Wildman–Crippen LogP) is 4.01. The fraction of sp³-hybridized carbons (Fsp3) is 0.480. The fourth-order valence-electron chi connectivity index (χ4n) is 4.22. The van der Waals surface area contributed by atoms with Gasteiger partial charge in [-0.2, -0.15) is 11.8 Å². The van der Waals surface area contributed by atoms with Gasteiger partial charge in [0.15, 0.2) is 0 Å². The van der Waals surface area contributed by atoms with Crippen molar-refractivity contribution in [3.8, 4) is 0 Å². The Morgan fingerprint density at radius 1 is 0.719 bits per heavy atom. The number of hydrogen-bond donors (Lipinski definition) is 0. The zero-order chi connectivity index (χ0) is 20.6. The van der Waals surface area contributed by atoms with E-state index in [1.54, 1.807) is 0 Å². The molecule has 0 N–H and O–H groups in total. The number of hydrogen-bond acceptors (Lipinski definition) is 4. The quantitative estimate of drug-likeness (QED) is 0.579. The molecule has 2 aliphatic rings. The first kappa shape index (κ1) is 27.0. The van der Waals surface area contributed by atoms with Crippen LogP contribution >= 0.6 is 36.6 Å². The number of halogens is 2. The molecule has 7 heteroatoms. The van der Waals surface area contributed by atoms with Crippen LogP contribution in [0.2, 0.25) is 0 Å². The van der Waals surface area contributed by atoms with Crippen LogP contribution in [0.3, 0.4) is 0 Å². The average molecular weight is 497 g/mol. The van der Waals surface area contributed by atoms with Crippen LogP contribution in [0.4, 0.5) is 0 Å². The van der Waals surface area contributed by atoms with E-state index in [0.717, 1.165) is 75.8 Å². The van der Waals surface area contributed by atoms with Gasteiger partial charge in [-0.05, 0) is 23.1 Å². The molecule has 2 aromatic rings. The normalized spacial score (nSPS) is 17.3. The molecule has 1 amide bonds. The Labute approximate surface area is 209 Å². The number of piperazine rings is 1. The third-order valence-electron chi connectivity index (χ3n) is 6.17. The van der Waals surface area contributed by atoms with Crippen LogP contribution in [0, 0.1) is 0 Å². The van der Waals surface area contributed by atoms with Crippen molar-refractivity contribution >= 4 is 42.5 Å². The maximum Gasteiger partial charge on any atom is 0.227 e. The minimum Gasteiger partial charge on any atom is -0.341 e.